The molecule has 1 rings (SSSR count). The van der Waals surface area contributed by atoms with Crippen molar-refractivity contribution in [1.29, 1.82) is 0 Å². The number of nitrogens with zero attached hydrogens (tertiary/aromatic N) is 1. The fourth-order valence-electron chi connectivity index (χ4n) is 2.30. The monoisotopic (exact) mass is 155 g/mol. The maximum absolute atomic E-state index is 2.54. The second-order valence-corrected chi connectivity index (χ2v) is 3.96. The van der Waals surface area contributed by atoms with E-state index in [-0.39, 0.29) is 0 Å². The lowest BCUT2D eigenvalue weighted by atomic mass is 10.1. The van der Waals surface area contributed by atoms with E-state index in [2.05, 4.69) is 25.8 Å². The molecule has 0 heterocycles. The van der Waals surface area contributed by atoms with Gasteiger partial charge in [0.2, 0.25) is 0 Å². The molecule has 2 unspecified atom stereocenters. The summed E-state index contributed by atoms with van der Waals surface area (Å²) in [5.74, 6) is 0.937. The van der Waals surface area contributed by atoms with Crippen LogP contribution in [0.3, 0.4) is 0 Å². The van der Waals surface area contributed by atoms with Gasteiger partial charge in [0, 0.05) is 6.04 Å². The van der Waals surface area contributed by atoms with Crippen molar-refractivity contribution in [3.8, 4) is 0 Å². The summed E-state index contributed by atoms with van der Waals surface area (Å²) < 4.78 is 0. The van der Waals surface area contributed by atoms with Gasteiger partial charge in [0.1, 0.15) is 0 Å². The molecule has 1 saturated carbocycles. The first-order valence-corrected chi connectivity index (χ1v) is 4.96. The molecule has 0 aromatic carbocycles. The molecule has 1 aliphatic rings. The molecule has 0 spiro atoms. The van der Waals surface area contributed by atoms with Crippen molar-refractivity contribution >= 4 is 0 Å². The van der Waals surface area contributed by atoms with Crippen molar-refractivity contribution in [2.45, 2.75) is 45.6 Å². The van der Waals surface area contributed by atoms with Crippen LogP contribution in [-0.2, 0) is 0 Å². The first-order valence-electron chi connectivity index (χ1n) is 4.96. The molecule has 0 N–H and O–H groups in total. The molecule has 0 radical (unpaired) electrons. The lowest BCUT2D eigenvalue weighted by Gasteiger charge is -2.27. The zero-order chi connectivity index (χ0) is 8.27. The normalized spacial score (nSPS) is 31.6. The largest absolute Gasteiger partial charge is 0.303 e. The van der Waals surface area contributed by atoms with E-state index < -0.39 is 0 Å². The third-order valence-corrected chi connectivity index (χ3v) is 2.96. The molecule has 66 valence electrons. The van der Waals surface area contributed by atoms with E-state index >= 15 is 0 Å². The molecular weight excluding hydrogens is 134 g/mol. The first-order chi connectivity index (χ1) is 5.25. The van der Waals surface area contributed by atoms with Gasteiger partial charge in [0.15, 0.2) is 0 Å². The van der Waals surface area contributed by atoms with Gasteiger partial charge in [-0.25, -0.2) is 0 Å². The Morgan fingerprint density at radius 1 is 1.36 bits per heavy atom. The van der Waals surface area contributed by atoms with Gasteiger partial charge < -0.3 is 4.90 Å². The molecular formula is C10H21N. The van der Waals surface area contributed by atoms with Crippen LogP contribution in [0.4, 0.5) is 0 Å². The molecule has 2 atom stereocenters. The molecule has 1 nitrogen and oxygen atoms in total. The van der Waals surface area contributed by atoms with E-state index in [0.29, 0.717) is 0 Å². The van der Waals surface area contributed by atoms with Crippen molar-refractivity contribution in [3.63, 3.8) is 0 Å². The smallest absolute Gasteiger partial charge is 0.0118 e. The summed E-state index contributed by atoms with van der Waals surface area (Å²) in [6, 6.07) is 0.884. The fourth-order valence-corrected chi connectivity index (χ4v) is 2.30. The average molecular weight is 155 g/mol. The van der Waals surface area contributed by atoms with Crippen LogP contribution in [0.25, 0.3) is 0 Å². The van der Waals surface area contributed by atoms with Crippen LogP contribution in [0, 0.1) is 5.92 Å². The van der Waals surface area contributed by atoms with Gasteiger partial charge in [-0.2, -0.15) is 0 Å². The van der Waals surface area contributed by atoms with Gasteiger partial charge in [0.05, 0.1) is 0 Å². The Bertz CT molecular complexity index is 111. The van der Waals surface area contributed by atoms with Crippen molar-refractivity contribution in [2.75, 3.05) is 13.6 Å². The Hall–Kier alpha value is -0.0400. The minimum absolute atomic E-state index is 0.884. The lowest BCUT2D eigenvalue weighted by molar-refractivity contribution is 0.206. The second-order valence-electron chi connectivity index (χ2n) is 3.96. The summed E-state index contributed by atoms with van der Waals surface area (Å²) in [5.41, 5.74) is 0. The second kappa shape index (κ2) is 4.10. The van der Waals surface area contributed by atoms with Crippen LogP contribution in [-0.4, -0.2) is 24.5 Å². The first kappa shape index (κ1) is 9.05. The van der Waals surface area contributed by atoms with Gasteiger partial charge >= 0.3 is 0 Å². The van der Waals surface area contributed by atoms with E-state index in [1.165, 1.54) is 32.2 Å². The predicted octanol–water partition coefficient (Wildman–Crippen LogP) is 2.52. The highest BCUT2D eigenvalue weighted by Gasteiger charge is 2.25. The van der Waals surface area contributed by atoms with Gasteiger partial charge in [-0.05, 0) is 38.8 Å². The van der Waals surface area contributed by atoms with Gasteiger partial charge in [-0.3, -0.25) is 0 Å². The van der Waals surface area contributed by atoms with E-state index in [4.69, 9.17) is 0 Å². The predicted molar refractivity (Wildman–Crippen MR) is 49.7 cm³/mol. The molecule has 0 aromatic rings. The SMILES string of the molecule is CCCN(C)C1CCCC1C. The van der Waals surface area contributed by atoms with Crippen molar-refractivity contribution in [2.24, 2.45) is 5.92 Å². The van der Waals surface area contributed by atoms with Crippen LogP contribution >= 0.6 is 0 Å². The fraction of sp³-hybridized carbons (Fsp3) is 1.00. The summed E-state index contributed by atoms with van der Waals surface area (Å²) in [5, 5.41) is 0. The Morgan fingerprint density at radius 2 is 2.09 bits per heavy atom. The summed E-state index contributed by atoms with van der Waals surface area (Å²) in [4.78, 5) is 2.54. The van der Waals surface area contributed by atoms with Crippen LogP contribution in [0.15, 0.2) is 0 Å². The molecule has 0 aliphatic heterocycles. The summed E-state index contributed by atoms with van der Waals surface area (Å²) >= 11 is 0. The quantitative estimate of drug-likeness (QED) is 0.605. The zero-order valence-corrected chi connectivity index (χ0v) is 8.14. The summed E-state index contributed by atoms with van der Waals surface area (Å²) in [7, 11) is 2.27. The maximum atomic E-state index is 2.54. The topological polar surface area (TPSA) is 3.24 Å². The van der Waals surface area contributed by atoms with Crippen LogP contribution in [0.2, 0.25) is 0 Å². The number of rotatable bonds is 3. The highest BCUT2D eigenvalue weighted by Crippen LogP contribution is 2.28. The van der Waals surface area contributed by atoms with Crippen molar-refractivity contribution in [3.05, 3.63) is 0 Å². The van der Waals surface area contributed by atoms with E-state index in [9.17, 15) is 0 Å². The summed E-state index contributed by atoms with van der Waals surface area (Å²) in [6.07, 6.45) is 5.61. The molecule has 0 bridgehead atoms. The van der Waals surface area contributed by atoms with Crippen LogP contribution in [0.1, 0.15) is 39.5 Å². The lowest BCUT2D eigenvalue weighted by Crippen LogP contribution is -2.33. The van der Waals surface area contributed by atoms with Crippen molar-refractivity contribution in [1.82, 2.24) is 4.90 Å². The third kappa shape index (κ3) is 2.19. The number of hydrogen-bond donors (Lipinski definition) is 0. The van der Waals surface area contributed by atoms with Gasteiger partial charge in [-0.1, -0.05) is 20.3 Å². The van der Waals surface area contributed by atoms with E-state index in [1.54, 1.807) is 0 Å². The highest BCUT2D eigenvalue weighted by molar-refractivity contribution is 4.80. The molecule has 1 aliphatic carbocycles. The minimum atomic E-state index is 0.884. The van der Waals surface area contributed by atoms with Crippen LogP contribution in [0.5, 0.6) is 0 Å². The molecule has 0 amide bonds. The van der Waals surface area contributed by atoms with E-state index in [0.717, 1.165) is 12.0 Å². The minimum Gasteiger partial charge on any atom is -0.303 e. The molecule has 1 heteroatoms. The van der Waals surface area contributed by atoms with Gasteiger partial charge in [-0.15, -0.1) is 0 Å². The third-order valence-electron chi connectivity index (χ3n) is 2.96. The standard InChI is InChI=1S/C10H21N/c1-4-8-11(3)10-7-5-6-9(10)2/h9-10H,4-8H2,1-3H3. The molecule has 0 saturated heterocycles. The Morgan fingerprint density at radius 3 is 2.55 bits per heavy atom. The molecule has 0 aromatic heterocycles. The maximum Gasteiger partial charge on any atom is 0.0118 e. The van der Waals surface area contributed by atoms with Crippen LogP contribution < -0.4 is 0 Å². The average Bonchev–Trinajstić information content (AvgIpc) is 2.36. The zero-order valence-electron chi connectivity index (χ0n) is 8.14. The Labute approximate surface area is 70.8 Å². The molecule has 1 fully saturated rings. The summed E-state index contributed by atoms with van der Waals surface area (Å²) in [6.45, 7) is 5.93. The van der Waals surface area contributed by atoms with Crippen molar-refractivity contribution < 1.29 is 0 Å². The molecule has 11 heavy (non-hydrogen) atoms. The Balaban J connectivity index is 2.33. The Kier molecular flexibility index (Phi) is 3.38. The highest BCUT2D eigenvalue weighted by atomic mass is 15.1. The number of hydrogen-bond acceptors (Lipinski definition) is 1. The van der Waals surface area contributed by atoms with E-state index in [1.807, 2.05) is 0 Å². The van der Waals surface area contributed by atoms with Gasteiger partial charge in [0.25, 0.3) is 0 Å².